The predicted octanol–water partition coefficient (Wildman–Crippen LogP) is 2.49. The van der Waals surface area contributed by atoms with Gasteiger partial charge in [0, 0.05) is 38.3 Å². The third-order valence-electron chi connectivity index (χ3n) is 4.81. The molecule has 23 heavy (non-hydrogen) atoms. The Morgan fingerprint density at radius 2 is 2.13 bits per heavy atom. The van der Waals surface area contributed by atoms with Crippen LogP contribution in [0.4, 0.5) is 10.5 Å². The van der Waals surface area contributed by atoms with E-state index in [-0.39, 0.29) is 17.6 Å². The molecular weight excluding hydrogens is 290 g/mol. The van der Waals surface area contributed by atoms with E-state index in [0.29, 0.717) is 13.1 Å². The molecule has 1 fully saturated rings. The van der Waals surface area contributed by atoms with Crippen molar-refractivity contribution in [3.8, 4) is 0 Å². The van der Waals surface area contributed by atoms with Gasteiger partial charge < -0.3 is 20.6 Å². The molecule has 0 bridgehead atoms. The summed E-state index contributed by atoms with van der Waals surface area (Å²) in [6, 6.07) is 7.91. The summed E-state index contributed by atoms with van der Waals surface area (Å²) in [5.74, 6) is 0. The predicted molar refractivity (Wildman–Crippen MR) is 93.6 cm³/mol. The van der Waals surface area contributed by atoms with Crippen LogP contribution < -0.4 is 15.5 Å². The average molecular weight is 319 g/mol. The Balaban J connectivity index is 1.80. The van der Waals surface area contributed by atoms with Crippen molar-refractivity contribution in [2.75, 3.05) is 25.5 Å². The molecule has 2 atom stereocenters. The SMILES string of the molecule is CN(C)c1cccc(CNC(=O)NCC2(C)CCCCC2O)c1. The van der Waals surface area contributed by atoms with Crippen LogP contribution in [0.5, 0.6) is 0 Å². The molecule has 3 N–H and O–H groups in total. The summed E-state index contributed by atoms with van der Waals surface area (Å²) < 4.78 is 0. The maximum Gasteiger partial charge on any atom is 0.315 e. The second-order valence-electron chi connectivity index (χ2n) is 7.02. The molecule has 2 rings (SSSR count). The zero-order chi connectivity index (χ0) is 16.9. The van der Waals surface area contributed by atoms with E-state index in [4.69, 9.17) is 0 Å². The molecule has 5 heteroatoms. The summed E-state index contributed by atoms with van der Waals surface area (Å²) in [6.07, 6.45) is 3.66. The molecule has 2 unspecified atom stereocenters. The number of carbonyl (C=O) groups excluding carboxylic acids is 1. The van der Waals surface area contributed by atoms with Crippen molar-refractivity contribution in [2.24, 2.45) is 5.41 Å². The van der Waals surface area contributed by atoms with E-state index in [2.05, 4.69) is 23.6 Å². The van der Waals surface area contributed by atoms with Crippen molar-refractivity contribution in [2.45, 2.75) is 45.3 Å². The van der Waals surface area contributed by atoms with Gasteiger partial charge in [-0.2, -0.15) is 0 Å². The van der Waals surface area contributed by atoms with Crippen LogP contribution in [0.2, 0.25) is 0 Å². The van der Waals surface area contributed by atoms with Crippen LogP contribution in [0, 0.1) is 5.41 Å². The van der Waals surface area contributed by atoms with Gasteiger partial charge in [-0.25, -0.2) is 4.79 Å². The van der Waals surface area contributed by atoms with E-state index in [1.54, 1.807) is 0 Å². The summed E-state index contributed by atoms with van der Waals surface area (Å²) in [5.41, 5.74) is 1.97. The topological polar surface area (TPSA) is 64.6 Å². The number of benzene rings is 1. The van der Waals surface area contributed by atoms with Crippen LogP contribution in [0.15, 0.2) is 24.3 Å². The fourth-order valence-electron chi connectivity index (χ4n) is 3.06. The van der Waals surface area contributed by atoms with Crippen molar-refractivity contribution < 1.29 is 9.90 Å². The molecule has 2 amide bonds. The Kier molecular flexibility index (Phi) is 5.88. The Morgan fingerprint density at radius 3 is 2.83 bits per heavy atom. The molecule has 128 valence electrons. The molecule has 0 aliphatic heterocycles. The minimum atomic E-state index is -0.326. The third-order valence-corrected chi connectivity index (χ3v) is 4.81. The largest absolute Gasteiger partial charge is 0.392 e. The lowest BCUT2D eigenvalue weighted by molar-refractivity contribution is 0.00309. The quantitative estimate of drug-likeness (QED) is 0.781. The van der Waals surface area contributed by atoms with Gasteiger partial charge in [-0.15, -0.1) is 0 Å². The number of carbonyl (C=O) groups is 1. The van der Waals surface area contributed by atoms with Gasteiger partial charge in [-0.1, -0.05) is 31.9 Å². The summed E-state index contributed by atoms with van der Waals surface area (Å²) in [7, 11) is 3.99. The highest BCUT2D eigenvalue weighted by Crippen LogP contribution is 2.35. The van der Waals surface area contributed by atoms with E-state index < -0.39 is 0 Å². The number of aliphatic hydroxyl groups excluding tert-OH is 1. The van der Waals surface area contributed by atoms with E-state index in [1.165, 1.54) is 0 Å². The highest BCUT2D eigenvalue weighted by atomic mass is 16.3. The van der Waals surface area contributed by atoms with Crippen molar-refractivity contribution in [3.63, 3.8) is 0 Å². The number of anilines is 1. The standard InChI is InChI=1S/C18H29N3O2/c1-18(10-5-4-9-16(18)22)13-20-17(23)19-12-14-7-6-8-15(11-14)21(2)3/h6-8,11,16,22H,4-5,9-10,12-13H2,1-3H3,(H2,19,20,23). The zero-order valence-corrected chi connectivity index (χ0v) is 14.4. The first-order valence-electron chi connectivity index (χ1n) is 8.37. The second kappa shape index (κ2) is 7.68. The molecule has 0 radical (unpaired) electrons. The Morgan fingerprint density at radius 1 is 1.35 bits per heavy atom. The van der Waals surface area contributed by atoms with Gasteiger partial charge in [0.25, 0.3) is 0 Å². The van der Waals surface area contributed by atoms with Gasteiger partial charge in [0.05, 0.1) is 6.10 Å². The number of aliphatic hydroxyl groups is 1. The summed E-state index contributed by atoms with van der Waals surface area (Å²) >= 11 is 0. The molecule has 0 aromatic heterocycles. The molecule has 0 spiro atoms. The van der Waals surface area contributed by atoms with Crippen molar-refractivity contribution in [1.82, 2.24) is 10.6 Å². The maximum atomic E-state index is 12.0. The van der Waals surface area contributed by atoms with E-state index in [1.807, 2.05) is 37.2 Å². The lowest BCUT2D eigenvalue weighted by Crippen LogP contribution is -2.47. The zero-order valence-electron chi connectivity index (χ0n) is 14.4. The molecule has 0 saturated heterocycles. The molecule has 1 aromatic rings. The fraction of sp³-hybridized carbons (Fsp3) is 0.611. The Labute approximate surface area is 139 Å². The number of hydrogen-bond acceptors (Lipinski definition) is 3. The van der Waals surface area contributed by atoms with Crippen molar-refractivity contribution in [1.29, 1.82) is 0 Å². The van der Waals surface area contributed by atoms with Crippen LogP contribution in [-0.2, 0) is 6.54 Å². The number of hydrogen-bond donors (Lipinski definition) is 3. The van der Waals surface area contributed by atoms with Crippen molar-refractivity contribution >= 4 is 11.7 Å². The van der Waals surface area contributed by atoms with Gasteiger partial charge >= 0.3 is 6.03 Å². The summed E-state index contributed by atoms with van der Waals surface area (Å²) in [5, 5.41) is 16.0. The van der Waals surface area contributed by atoms with Crippen LogP contribution in [0.25, 0.3) is 0 Å². The maximum absolute atomic E-state index is 12.0. The van der Waals surface area contributed by atoms with Gasteiger partial charge in [0.1, 0.15) is 0 Å². The van der Waals surface area contributed by atoms with Gasteiger partial charge in [0.15, 0.2) is 0 Å². The Bertz CT molecular complexity index is 533. The van der Waals surface area contributed by atoms with Crippen LogP contribution in [0.1, 0.15) is 38.2 Å². The average Bonchev–Trinajstić information content (AvgIpc) is 2.54. The minimum absolute atomic E-state index is 0.181. The number of amides is 2. The normalized spacial score (nSPS) is 24.1. The van der Waals surface area contributed by atoms with E-state index in [0.717, 1.165) is 36.9 Å². The molecular formula is C18H29N3O2. The number of nitrogens with zero attached hydrogens (tertiary/aromatic N) is 1. The fourth-order valence-corrected chi connectivity index (χ4v) is 3.06. The molecule has 1 aliphatic rings. The second-order valence-corrected chi connectivity index (χ2v) is 7.02. The van der Waals surface area contributed by atoms with Crippen LogP contribution in [0.3, 0.4) is 0 Å². The Hall–Kier alpha value is -1.75. The molecule has 0 heterocycles. The lowest BCUT2D eigenvalue weighted by atomic mass is 9.73. The highest BCUT2D eigenvalue weighted by molar-refractivity contribution is 5.73. The first-order chi connectivity index (χ1) is 10.9. The minimum Gasteiger partial charge on any atom is -0.392 e. The van der Waals surface area contributed by atoms with Gasteiger partial charge in [-0.05, 0) is 30.5 Å². The lowest BCUT2D eigenvalue weighted by Gasteiger charge is -2.38. The van der Waals surface area contributed by atoms with Crippen LogP contribution in [-0.4, -0.2) is 37.9 Å². The monoisotopic (exact) mass is 319 g/mol. The molecule has 1 aromatic carbocycles. The van der Waals surface area contributed by atoms with E-state index >= 15 is 0 Å². The van der Waals surface area contributed by atoms with Gasteiger partial charge in [0.2, 0.25) is 0 Å². The number of nitrogens with one attached hydrogen (secondary N) is 2. The molecule has 1 aliphatic carbocycles. The first-order valence-corrected chi connectivity index (χ1v) is 8.37. The third kappa shape index (κ3) is 4.86. The molecule has 5 nitrogen and oxygen atoms in total. The van der Waals surface area contributed by atoms with Gasteiger partial charge in [-0.3, -0.25) is 0 Å². The van der Waals surface area contributed by atoms with Crippen LogP contribution >= 0.6 is 0 Å². The number of rotatable bonds is 5. The highest BCUT2D eigenvalue weighted by Gasteiger charge is 2.35. The van der Waals surface area contributed by atoms with E-state index in [9.17, 15) is 9.90 Å². The smallest absolute Gasteiger partial charge is 0.315 e. The first kappa shape index (κ1) is 17.6. The summed E-state index contributed by atoms with van der Waals surface area (Å²) in [6.45, 7) is 3.06. The van der Waals surface area contributed by atoms with Crippen molar-refractivity contribution in [3.05, 3.63) is 29.8 Å². The number of urea groups is 1. The molecule has 1 saturated carbocycles. The summed E-state index contributed by atoms with van der Waals surface area (Å²) in [4.78, 5) is 14.0.